The standard InChI is InChI=1S/C4H6N2O2/c7-3-5-6-1-2-8-4-6/h1-3H,4H2,(H,5,7). The quantitative estimate of drug-likeness (QED) is 0.488. The van der Waals surface area contributed by atoms with Gasteiger partial charge in [-0.05, 0) is 0 Å². The second kappa shape index (κ2) is 2.20. The summed E-state index contributed by atoms with van der Waals surface area (Å²) in [5.74, 6) is 0. The smallest absolute Gasteiger partial charge is 0.225 e. The van der Waals surface area contributed by atoms with Gasteiger partial charge >= 0.3 is 0 Å². The Kier molecular flexibility index (Phi) is 1.37. The van der Waals surface area contributed by atoms with E-state index < -0.39 is 0 Å². The highest BCUT2D eigenvalue weighted by Gasteiger charge is 1.99. The van der Waals surface area contributed by atoms with E-state index in [4.69, 9.17) is 4.74 Å². The average Bonchev–Trinajstić information content (AvgIpc) is 2.19. The number of nitrogens with one attached hydrogen (secondary N) is 1. The molecule has 0 saturated heterocycles. The Morgan fingerprint density at radius 2 is 2.75 bits per heavy atom. The number of hydrogen-bond donors (Lipinski definition) is 1. The molecule has 1 heterocycles. The van der Waals surface area contributed by atoms with Crippen LogP contribution in [0.5, 0.6) is 0 Å². The first-order chi connectivity index (χ1) is 3.93. The highest BCUT2D eigenvalue weighted by atomic mass is 16.5. The Balaban J connectivity index is 2.25. The minimum Gasteiger partial charge on any atom is -0.477 e. The van der Waals surface area contributed by atoms with Crippen molar-refractivity contribution in [3.05, 3.63) is 12.5 Å². The van der Waals surface area contributed by atoms with Crippen LogP contribution in [0.1, 0.15) is 0 Å². The fraction of sp³-hybridized carbons (Fsp3) is 0.250. The topological polar surface area (TPSA) is 41.6 Å². The molecule has 1 amide bonds. The van der Waals surface area contributed by atoms with E-state index in [-0.39, 0.29) is 0 Å². The second-order valence-electron chi connectivity index (χ2n) is 1.30. The number of amides is 1. The molecule has 1 aliphatic heterocycles. The Morgan fingerprint density at radius 1 is 1.88 bits per heavy atom. The number of hydrogen-bond acceptors (Lipinski definition) is 3. The van der Waals surface area contributed by atoms with Gasteiger partial charge in [-0.25, -0.2) is 0 Å². The summed E-state index contributed by atoms with van der Waals surface area (Å²) < 4.78 is 4.73. The van der Waals surface area contributed by atoms with E-state index in [1.807, 2.05) is 0 Å². The van der Waals surface area contributed by atoms with Gasteiger partial charge in [-0.1, -0.05) is 0 Å². The maximum Gasteiger partial charge on any atom is 0.225 e. The minimum absolute atomic E-state index is 0.402. The molecule has 1 aliphatic rings. The molecule has 0 fully saturated rings. The van der Waals surface area contributed by atoms with Crippen molar-refractivity contribution >= 4 is 6.41 Å². The van der Waals surface area contributed by atoms with Crippen LogP contribution in [0.25, 0.3) is 0 Å². The molecule has 44 valence electrons. The van der Waals surface area contributed by atoms with E-state index in [0.717, 1.165) is 0 Å². The Bertz CT molecular complexity index is 113. The second-order valence-corrected chi connectivity index (χ2v) is 1.30. The highest BCUT2D eigenvalue weighted by molar-refractivity contribution is 5.45. The first-order valence-corrected chi connectivity index (χ1v) is 2.18. The normalized spacial score (nSPS) is 15.8. The molecule has 0 bridgehead atoms. The molecule has 4 heteroatoms. The van der Waals surface area contributed by atoms with Crippen molar-refractivity contribution in [2.24, 2.45) is 0 Å². The molecule has 0 saturated carbocycles. The van der Waals surface area contributed by atoms with Gasteiger partial charge in [0.2, 0.25) is 6.41 Å². The lowest BCUT2D eigenvalue weighted by Crippen LogP contribution is -2.30. The first-order valence-electron chi connectivity index (χ1n) is 2.18. The summed E-state index contributed by atoms with van der Waals surface area (Å²) >= 11 is 0. The third kappa shape index (κ3) is 0.900. The zero-order valence-electron chi connectivity index (χ0n) is 4.20. The first kappa shape index (κ1) is 4.96. The maximum absolute atomic E-state index is 9.72. The van der Waals surface area contributed by atoms with Crippen LogP contribution in [0.2, 0.25) is 0 Å². The van der Waals surface area contributed by atoms with Gasteiger partial charge < -0.3 is 4.74 Å². The van der Waals surface area contributed by atoms with E-state index in [0.29, 0.717) is 13.1 Å². The summed E-state index contributed by atoms with van der Waals surface area (Å²) in [4.78, 5) is 9.72. The fourth-order valence-electron chi connectivity index (χ4n) is 0.431. The Labute approximate surface area is 46.7 Å². The van der Waals surface area contributed by atoms with Gasteiger partial charge in [0, 0.05) is 0 Å². The summed E-state index contributed by atoms with van der Waals surface area (Å²) in [7, 11) is 0. The van der Waals surface area contributed by atoms with E-state index in [1.54, 1.807) is 6.20 Å². The molecule has 0 aliphatic carbocycles. The van der Waals surface area contributed by atoms with Crippen molar-refractivity contribution in [3.8, 4) is 0 Å². The van der Waals surface area contributed by atoms with E-state index in [1.165, 1.54) is 11.3 Å². The Hall–Kier alpha value is -1.19. The highest BCUT2D eigenvalue weighted by Crippen LogP contribution is 1.93. The molecular weight excluding hydrogens is 108 g/mol. The minimum atomic E-state index is 0.402. The zero-order chi connectivity index (χ0) is 5.82. The van der Waals surface area contributed by atoms with Crippen LogP contribution < -0.4 is 5.43 Å². The molecule has 0 aromatic heterocycles. The third-order valence-electron chi connectivity index (χ3n) is 0.769. The molecular formula is C4H6N2O2. The molecule has 8 heavy (non-hydrogen) atoms. The van der Waals surface area contributed by atoms with Gasteiger partial charge in [0.25, 0.3) is 0 Å². The fourth-order valence-corrected chi connectivity index (χ4v) is 0.431. The van der Waals surface area contributed by atoms with Crippen molar-refractivity contribution < 1.29 is 9.53 Å². The summed E-state index contributed by atoms with van der Waals surface area (Å²) in [5, 5.41) is 1.52. The monoisotopic (exact) mass is 114 g/mol. The molecule has 4 nitrogen and oxygen atoms in total. The van der Waals surface area contributed by atoms with Gasteiger partial charge in [-0.3, -0.25) is 15.2 Å². The maximum atomic E-state index is 9.72. The Morgan fingerprint density at radius 3 is 3.25 bits per heavy atom. The summed E-state index contributed by atoms with van der Waals surface area (Å²) in [5.41, 5.74) is 2.39. The van der Waals surface area contributed by atoms with Crippen LogP contribution in [0, 0.1) is 0 Å². The summed E-state index contributed by atoms with van der Waals surface area (Å²) in [6, 6.07) is 0. The third-order valence-corrected chi connectivity index (χ3v) is 0.769. The predicted molar refractivity (Wildman–Crippen MR) is 26.1 cm³/mol. The van der Waals surface area contributed by atoms with Crippen molar-refractivity contribution in [3.63, 3.8) is 0 Å². The van der Waals surface area contributed by atoms with Crippen LogP contribution in [0.3, 0.4) is 0 Å². The zero-order valence-corrected chi connectivity index (χ0v) is 4.20. The van der Waals surface area contributed by atoms with Gasteiger partial charge in [-0.2, -0.15) is 0 Å². The SMILES string of the molecule is O=CNN1C=COC1. The molecule has 1 rings (SSSR count). The van der Waals surface area contributed by atoms with Crippen LogP contribution in [-0.2, 0) is 9.53 Å². The van der Waals surface area contributed by atoms with Gasteiger partial charge in [0.1, 0.15) is 6.26 Å². The van der Waals surface area contributed by atoms with Crippen molar-refractivity contribution in [2.75, 3.05) is 6.73 Å². The molecule has 0 unspecified atom stereocenters. The lowest BCUT2D eigenvalue weighted by atomic mass is 10.9. The van der Waals surface area contributed by atoms with Crippen molar-refractivity contribution in [1.82, 2.24) is 10.4 Å². The number of nitrogens with zero attached hydrogens (tertiary/aromatic N) is 1. The van der Waals surface area contributed by atoms with Crippen LogP contribution in [-0.4, -0.2) is 18.1 Å². The van der Waals surface area contributed by atoms with Crippen LogP contribution in [0.15, 0.2) is 12.5 Å². The van der Waals surface area contributed by atoms with Crippen molar-refractivity contribution in [2.45, 2.75) is 0 Å². The van der Waals surface area contributed by atoms with Gasteiger partial charge in [0.15, 0.2) is 6.73 Å². The molecule has 0 spiro atoms. The number of carbonyl (C=O) groups excluding carboxylic acids is 1. The van der Waals surface area contributed by atoms with Crippen molar-refractivity contribution in [1.29, 1.82) is 0 Å². The molecule has 1 N–H and O–H groups in total. The molecule has 0 aromatic carbocycles. The summed E-state index contributed by atoms with van der Waals surface area (Å²) in [6.45, 7) is 0.402. The predicted octanol–water partition coefficient (Wildman–Crippen LogP) is -0.592. The average molecular weight is 114 g/mol. The van der Waals surface area contributed by atoms with Gasteiger partial charge in [0.05, 0.1) is 6.20 Å². The summed E-state index contributed by atoms with van der Waals surface area (Å²) in [6.07, 6.45) is 3.74. The van der Waals surface area contributed by atoms with Gasteiger partial charge in [-0.15, -0.1) is 0 Å². The van der Waals surface area contributed by atoms with E-state index in [2.05, 4.69) is 5.43 Å². The number of hydrazine groups is 1. The van der Waals surface area contributed by atoms with Crippen LogP contribution >= 0.6 is 0 Å². The number of ether oxygens (including phenoxy) is 1. The lowest BCUT2D eigenvalue weighted by Gasteiger charge is -2.08. The van der Waals surface area contributed by atoms with E-state index >= 15 is 0 Å². The number of carbonyl (C=O) groups is 1. The lowest BCUT2D eigenvalue weighted by molar-refractivity contribution is -0.113. The number of rotatable bonds is 2. The molecule has 0 radical (unpaired) electrons. The van der Waals surface area contributed by atoms with E-state index in [9.17, 15) is 4.79 Å². The molecule has 0 atom stereocenters. The largest absolute Gasteiger partial charge is 0.477 e. The van der Waals surface area contributed by atoms with Crippen LogP contribution in [0.4, 0.5) is 0 Å². The molecule has 0 aromatic rings.